The van der Waals surface area contributed by atoms with Crippen LogP contribution in [0, 0.1) is 0 Å². The Labute approximate surface area is 132 Å². The third kappa shape index (κ3) is 4.41. The number of benzene rings is 2. The van der Waals surface area contributed by atoms with E-state index in [0.717, 1.165) is 11.1 Å². The molecule has 0 fully saturated rings. The molecule has 2 atom stereocenters. The molecule has 3 heteroatoms. The lowest BCUT2D eigenvalue weighted by Gasteiger charge is -2.33. The summed E-state index contributed by atoms with van der Waals surface area (Å²) in [6.45, 7) is 4.38. The second-order valence-electron chi connectivity index (χ2n) is 6.00. The van der Waals surface area contributed by atoms with E-state index in [1.165, 1.54) is 0 Å². The van der Waals surface area contributed by atoms with E-state index in [-0.39, 0.29) is 0 Å². The van der Waals surface area contributed by atoms with E-state index in [1.807, 2.05) is 74.5 Å². The summed E-state index contributed by atoms with van der Waals surface area (Å²) in [7, 11) is 1.65. The molecule has 0 radical (unpaired) electrons. The van der Waals surface area contributed by atoms with Gasteiger partial charge in [0.1, 0.15) is 12.2 Å². The predicted molar refractivity (Wildman–Crippen MR) is 87.6 cm³/mol. The van der Waals surface area contributed by atoms with Crippen LogP contribution in [0.2, 0.25) is 0 Å². The Hall–Kier alpha value is -1.68. The first-order valence-electron chi connectivity index (χ1n) is 7.48. The Balaban J connectivity index is 2.30. The molecule has 3 nitrogen and oxygen atoms in total. The number of hydrogen-bond acceptors (Lipinski definition) is 3. The molecule has 2 aromatic rings. The Morgan fingerprint density at radius 3 is 1.91 bits per heavy atom. The summed E-state index contributed by atoms with van der Waals surface area (Å²) in [5.41, 5.74) is 1.29. The van der Waals surface area contributed by atoms with Crippen LogP contribution in [0.4, 0.5) is 0 Å². The van der Waals surface area contributed by atoms with Crippen LogP contribution in [0.5, 0.6) is 0 Å². The highest BCUT2D eigenvalue weighted by Gasteiger charge is 2.30. The van der Waals surface area contributed by atoms with Crippen LogP contribution in [-0.2, 0) is 9.47 Å². The molecule has 0 spiro atoms. The predicted octanol–water partition coefficient (Wildman–Crippen LogP) is 3.90. The number of hydrogen-bond donors (Lipinski definition) is 1. The maximum absolute atomic E-state index is 10.8. The van der Waals surface area contributed by atoms with Crippen LogP contribution in [0.1, 0.15) is 37.2 Å². The van der Waals surface area contributed by atoms with Crippen molar-refractivity contribution in [3.63, 3.8) is 0 Å². The van der Waals surface area contributed by atoms with Crippen molar-refractivity contribution in [3.8, 4) is 0 Å². The molecule has 0 unspecified atom stereocenters. The molecule has 0 bridgehead atoms. The summed E-state index contributed by atoms with van der Waals surface area (Å²) < 4.78 is 11.4. The Morgan fingerprint density at radius 1 is 0.909 bits per heavy atom. The molecule has 118 valence electrons. The molecule has 2 rings (SSSR count). The van der Waals surface area contributed by atoms with Gasteiger partial charge in [0.05, 0.1) is 12.2 Å². The van der Waals surface area contributed by atoms with Crippen LogP contribution in [0.15, 0.2) is 60.7 Å². The van der Waals surface area contributed by atoms with Crippen molar-refractivity contribution in [2.75, 3.05) is 13.7 Å². The monoisotopic (exact) mass is 300 g/mol. The number of rotatable bonds is 7. The first kappa shape index (κ1) is 16.7. The standard InChI is InChI=1S/C19H24O3/c1-19(2,14-21-3)22-18(16-12-8-5-9-13-16)17(20)15-10-6-4-7-11-15/h4-13,17-18,20H,14H2,1-3H3/t17-,18+/m1/s1. The zero-order valence-electron chi connectivity index (χ0n) is 13.4. The fourth-order valence-electron chi connectivity index (χ4n) is 2.51. The Morgan fingerprint density at radius 2 is 1.41 bits per heavy atom. The normalized spacial score (nSPS) is 14.5. The maximum Gasteiger partial charge on any atom is 0.113 e. The van der Waals surface area contributed by atoms with Gasteiger partial charge in [-0.05, 0) is 25.0 Å². The maximum atomic E-state index is 10.8. The summed E-state index contributed by atoms with van der Waals surface area (Å²) >= 11 is 0. The van der Waals surface area contributed by atoms with Crippen molar-refractivity contribution in [3.05, 3.63) is 71.8 Å². The minimum Gasteiger partial charge on any atom is -0.385 e. The van der Waals surface area contributed by atoms with Gasteiger partial charge in [0.2, 0.25) is 0 Å². The zero-order chi connectivity index (χ0) is 16.0. The lowest BCUT2D eigenvalue weighted by molar-refractivity contribution is -0.145. The second kappa shape index (κ2) is 7.54. The highest BCUT2D eigenvalue weighted by molar-refractivity contribution is 5.25. The summed E-state index contributed by atoms with van der Waals surface area (Å²) in [5.74, 6) is 0. The lowest BCUT2D eigenvalue weighted by atomic mass is 9.97. The van der Waals surface area contributed by atoms with Crippen molar-refractivity contribution in [2.24, 2.45) is 0 Å². The second-order valence-corrected chi connectivity index (χ2v) is 6.00. The molecular formula is C19H24O3. The summed E-state index contributed by atoms with van der Waals surface area (Å²) in [6.07, 6.45) is -1.19. The van der Waals surface area contributed by atoms with Gasteiger partial charge in [-0.1, -0.05) is 60.7 Å². The molecule has 2 aromatic carbocycles. The van der Waals surface area contributed by atoms with Gasteiger partial charge in [-0.3, -0.25) is 0 Å². The molecule has 0 aliphatic rings. The van der Waals surface area contributed by atoms with Crippen molar-refractivity contribution < 1.29 is 14.6 Å². The van der Waals surface area contributed by atoms with Gasteiger partial charge in [-0.25, -0.2) is 0 Å². The van der Waals surface area contributed by atoms with Crippen molar-refractivity contribution in [1.29, 1.82) is 0 Å². The van der Waals surface area contributed by atoms with E-state index in [2.05, 4.69) is 0 Å². The largest absolute Gasteiger partial charge is 0.385 e. The number of ether oxygens (including phenoxy) is 2. The number of methoxy groups -OCH3 is 1. The van der Waals surface area contributed by atoms with Gasteiger partial charge >= 0.3 is 0 Å². The summed E-state index contributed by atoms with van der Waals surface area (Å²) in [5, 5.41) is 10.8. The van der Waals surface area contributed by atoms with Crippen LogP contribution in [-0.4, -0.2) is 24.4 Å². The van der Waals surface area contributed by atoms with E-state index in [9.17, 15) is 5.11 Å². The van der Waals surface area contributed by atoms with Gasteiger partial charge in [0, 0.05) is 7.11 Å². The molecule has 0 heterocycles. The molecule has 1 N–H and O–H groups in total. The summed E-state index contributed by atoms with van der Waals surface area (Å²) in [6, 6.07) is 19.4. The minimum absolute atomic E-state index is 0.450. The van der Waals surface area contributed by atoms with Crippen molar-refractivity contribution >= 4 is 0 Å². The fourth-order valence-corrected chi connectivity index (χ4v) is 2.51. The molecule has 0 aromatic heterocycles. The van der Waals surface area contributed by atoms with Crippen LogP contribution >= 0.6 is 0 Å². The average molecular weight is 300 g/mol. The third-order valence-corrected chi connectivity index (χ3v) is 3.49. The van der Waals surface area contributed by atoms with Gasteiger partial charge in [0.15, 0.2) is 0 Å². The summed E-state index contributed by atoms with van der Waals surface area (Å²) in [4.78, 5) is 0. The smallest absolute Gasteiger partial charge is 0.113 e. The highest BCUT2D eigenvalue weighted by Crippen LogP contribution is 2.35. The topological polar surface area (TPSA) is 38.7 Å². The van der Waals surface area contributed by atoms with E-state index in [1.54, 1.807) is 7.11 Å². The number of aliphatic hydroxyl groups is 1. The molecule has 0 aliphatic carbocycles. The molecule has 0 aliphatic heterocycles. The molecule has 0 saturated carbocycles. The Bertz CT molecular complexity index is 551. The molecule has 0 saturated heterocycles. The van der Waals surface area contributed by atoms with Crippen LogP contribution in [0.3, 0.4) is 0 Å². The average Bonchev–Trinajstić information content (AvgIpc) is 2.54. The third-order valence-electron chi connectivity index (χ3n) is 3.49. The molecule has 0 amide bonds. The van der Waals surface area contributed by atoms with E-state index in [4.69, 9.17) is 9.47 Å². The van der Waals surface area contributed by atoms with E-state index < -0.39 is 17.8 Å². The van der Waals surface area contributed by atoms with E-state index in [0.29, 0.717) is 6.61 Å². The quantitative estimate of drug-likeness (QED) is 0.842. The number of aliphatic hydroxyl groups excluding tert-OH is 1. The molecule has 22 heavy (non-hydrogen) atoms. The van der Waals surface area contributed by atoms with Crippen LogP contribution in [0.25, 0.3) is 0 Å². The van der Waals surface area contributed by atoms with E-state index >= 15 is 0 Å². The first-order chi connectivity index (χ1) is 10.5. The van der Waals surface area contributed by atoms with Crippen molar-refractivity contribution in [2.45, 2.75) is 31.7 Å². The first-order valence-corrected chi connectivity index (χ1v) is 7.48. The van der Waals surface area contributed by atoms with Crippen molar-refractivity contribution in [1.82, 2.24) is 0 Å². The minimum atomic E-state index is -0.736. The van der Waals surface area contributed by atoms with Gasteiger partial charge in [-0.15, -0.1) is 0 Å². The fraction of sp³-hybridized carbons (Fsp3) is 0.368. The Kier molecular flexibility index (Phi) is 5.72. The lowest BCUT2D eigenvalue weighted by Crippen LogP contribution is -2.34. The highest BCUT2D eigenvalue weighted by atomic mass is 16.6. The molecular weight excluding hydrogens is 276 g/mol. The SMILES string of the molecule is COCC(C)(C)O[C@@H](c1ccccc1)[C@H](O)c1ccccc1. The van der Waals surface area contributed by atoms with Gasteiger partial charge in [0.25, 0.3) is 0 Å². The zero-order valence-corrected chi connectivity index (χ0v) is 13.4. The van der Waals surface area contributed by atoms with Gasteiger partial charge < -0.3 is 14.6 Å². The van der Waals surface area contributed by atoms with Gasteiger partial charge in [-0.2, -0.15) is 0 Å². The van der Waals surface area contributed by atoms with Crippen LogP contribution < -0.4 is 0 Å².